The molecule has 0 bridgehead atoms. The molecule has 1 aromatic rings. The second-order valence-electron chi connectivity index (χ2n) is 4.66. The highest BCUT2D eigenvalue weighted by Gasteiger charge is 2.18. The van der Waals surface area contributed by atoms with Crippen LogP contribution >= 0.6 is 11.3 Å². The number of nitrogens with one attached hydrogen (secondary N) is 1. The van der Waals surface area contributed by atoms with Crippen LogP contribution in [-0.2, 0) is 17.6 Å². The van der Waals surface area contributed by atoms with Crippen molar-refractivity contribution >= 4 is 23.2 Å². The molecule has 0 aromatic carbocycles. The monoisotopic (exact) mass is 283 g/mol. The minimum absolute atomic E-state index is 0.0200. The number of carbonyl (C=O) groups excluding carboxylic acids is 1. The predicted molar refractivity (Wildman–Crippen MR) is 71.6 cm³/mol. The number of aliphatic carboxylic acids is 1. The third-order valence-electron chi connectivity index (χ3n) is 3.21. The van der Waals surface area contributed by atoms with Gasteiger partial charge in [0.05, 0.1) is 4.88 Å². The SMILES string of the molecule is O=C(NCC[C@H](O)C(=O)O)c1cc2c(s1)CCCC2. The lowest BCUT2D eigenvalue weighted by atomic mass is 9.99. The lowest BCUT2D eigenvalue weighted by molar-refractivity contribution is -0.146. The lowest BCUT2D eigenvalue weighted by Gasteiger charge is -2.08. The van der Waals surface area contributed by atoms with Gasteiger partial charge in [-0.25, -0.2) is 4.79 Å². The van der Waals surface area contributed by atoms with E-state index in [9.17, 15) is 9.59 Å². The summed E-state index contributed by atoms with van der Waals surface area (Å²) in [6, 6.07) is 1.93. The highest BCUT2D eigenvalue weighted by Crippen LogP contribution is 2.29. The van der Waals surface area contributed by atoms with Crippen LogP contribution in [0.25, 0.3) is 0 Å². The number of amides is 1. The van der Waals surface area contributed by atoms with Gasteiger partial charge in [-0.1, -0.05) is 0 Å². The summed E-state index contributed by atoms with van der Waals surface area (Å²) in [5.74, 6) is -1.45. The number of carboxylic acid groups (broad SMARTS) is 1. The maximum atomic E-state index is 11.9. The molecule has 5 nitrogen and oxygen atoms in total. The summed E-state index contributed by atoms with van der Waals surface area (Å²) in [6.07, 6.45) is 3.04. The Labute approximate surface area is 115 Å². The van der Waals surface area contributed by atoms with Gasteiger partial charge in [0.15, 0.2) is 6.10 Å². The molecule has 1 aliphatic rings. The van der Waals surface area contributed by atoms with Crippen LogP contribution in [0.15, 0.2) is 6.07 Å². The number of fused-ring (bicyclic) bond motifs is 1. The van der Waals surface area contributed by atoms with Gasteiger partial charge in [0.25, 0.3) is 5.91 Å². The molecule has 6 heteroatoms. The molecule has 104 valence electrons. The molecule has 1 atom stereocenters. The Hall–Kier alpha value is -1.40. The van der Waals surface area contributed by atoms with Crippen molar-refractivity contribution in [1.29, 1.82) is 0 Å². The molecule has 2 rings (SSSR count). The smallest absolute Gasteiger partial charge is 0.332 e. The average molecular weight is 283 g/mol. The van der Waals surface area contributed by atoms with Gasteiger partial charge in [0.2, 0.25) is 0 Å². The summed E-state index contributed by atoms with van der Waals surface area (Å²) in [5, 5.41) is 20.3. The molecule has 3 N–H and O–H groups in total. The molecule has 0 spiro atoms. The van der Waals surface area contributed by atoms with Crippen LogP contribution < -0.4 is 5.32 Å². The largest absolute Gasteiger partial charge is 0.479 e. The van der Waals surface area contributed by atoms with Crippen molar-refractivity contribution in [3.05, 3.63) is 21.4 Å². The lowest BCUT2D eigenvalue weighted by Crippen LogP contribution is -2.29. The molecule has 1 aromatic heterocycles. The van der Waals surface area contributed by atoms with Crippen molar-refractivity contribution in [3.63, 3.8) is 0 Å². The van der Waals surface area contributed by atoms with E-state index in [1.807, 2.05) is 6.07 Å². The first-order valence-corrected chi connectivity index (χ1v) is 7.20. The fourth-order valence-corrected chi connectivity index (χ4v) is 3.31. The van der Waals surface area contributed by atoms with E-state index in [-0.39, 0.29) is 18.9 Å². The Morgan fingerprint density at radius 3 is 2.79 bits per heavy atom. The summed E-state index contributed by atoms with van der Waals surface area (Å²) < 4.78 is 0. The normalized spacial score (nSPS) is 15.6. The second kappa shape index (κ2) is 6.16. The number of hydrogen-bond donors (Lipinski definition) is 3. The molecule has 0 saturated heterocycles. The summed E-state index contributed by atoms with van der Waals surface area (Å²) >= 11 is 1.52. The summed E-state index contributed by atoms with van der Waals surface area (Å²) in [6.45, 7) is 0.162. The summed E-state index contributed by atoms with van der Waals surface area (Å²) in [4.78, 5) is 24.3. The molecule has 19 heavy (non-hydrogen) atoms. The third kappa shape index (κ3) is 3.54. The van der Waals surface area contributed by atoms with E-state index in [2.05, 4.69) is 5.32 Å². The molecule has 0 unspecified atom stereocenters. The number of hydrogen-bond acceptors (Lipinski definition) is 4. The topological polar surface area (TPSA) is 86.6 Å². The highest BCUT2D eigenvalue weighted by molar-refractivity contribution is 7.14. The first kappa shape index (κ1) is 14.0. The molecule has 1 aliphatic carbocycles. The predicted octanol–water partition coefficient (Wildman–Crippen LogP) is 1.19. The van der Waals surface area contributed by atoms with E-state index in [1.54, 1.807) is 0 Å². The second-order valence-corrected chi connectivity index (χ2v) is 5.80. The van der Waals surface area contributed by atoms with Gasteiger partial charge in [0.1, 0.15) is 0 Å². The first-order valence-electron chi connectivity index (χ1n) is 6.38. The molecular weight excluding hydrogens is 266 g/mol. The summed E-state index contributed by atoms with van der Waals surface area (Å²) in [5.41, 5.74) is 1.27. The van der Waals surface area contributed by atoms with E-state index >= 15 is 0 Å². The zero-order valence-electron chi connectivity index (χ0n) is 10.5. The van der Waals surface area contributed by atoms with Crippen LogP contribution in [0.4, 0.5) is 0 Å². The maximum absolute atomic E-state index is 11.9. The first-order chi connectivity index (χ1) is 9.08. The Morgan fingerprint density at radius 2 is 2.11 bits per heavy atom. The van der Waals surface area contributed by atoms with Crippen molar-refractivity contribution in [2.45, 2.75) is 38.2 Å². The number of aliphatic hydroxyl groups is 1. The van der Waals surface area contributed by atoms with Gasteiger partial charge < -0.3 is 15.5 Å². The van der Waals surface area contributed by atoms with Gasteiger partial charge in [0, 0.05) is 17.8 Å². The van der Waals surface area contributed by atoms with E-state index in [4.69, 9.17) is 10.2 Å². The quantitative estimate of drug-likeness (QED) is 0.757. The maximum Gasteiger partial charge on any atom is 0.332 e. The average Bonchev–Trinajstić information content (AvgIpc) is 2.82. The molecule has 1 amide bonds. The third-order valence-corrected chi connectivity index (χ3v) is 4.44. The number of aliphatic hydroxyl groups excluding tert-OH is 1. The van der Waals surface area contributed by atoms with E-state index in [0.29, 0.717) is 4.88 Å². The zero-order valence-corrected chi connectivity index (χ0v) is 11.3. The summed E-state index contributed by atoms with van der Waals surface area (Å²) in [7, 11) is 0. The van der Waals surface area contributed by atoms with Gasteiger partial charge in [-0.05, 0) is 37.3 Å². The molecular formula is C13H17NO4S. The van der Waals surface area contributed by atoms with E-state index in [1.165, 1.54) is 34.6 Å². The van der Waals surface area contributed by atoms with E-state index in [0.717, 1.165) is 12.8 Å². The van der Waals surface area contributed by atoms with Crippen LogP contribution in [0.3, 0.4) is 0 Å². The van der Waals surface area contributed by atoms with Crippen molar-refractivity contribution in [2.75, 3.05) is 6.54 Å². The fourth-order valence-electron chi connectivity index (χ4n) is 2.14. The molecule has 0 radical (unpaired) electrons. The standard InChI is InChI=1S/C13H17NO4S/c15-9(13(17)18)5-6-14-12(16)11-7-8-3-1-2-4-10(8)19-11/h7,9,15H,1-6H2,(H,14,16)(H,17,18)/t9-/m0/s1. The molecule has 0 aliphatic heterocycles. The van der Waals surface area contributed by atoms with Gasteiger partial charge in [-0.3, -0.25) is 4.79 Å². The highest BCUT2D eigenvalue weighted by atomic mass is 32.1. The van der Waals surface area contributed by atoms with Gasteiger partial charge in [-0.15, -0.1) is 11.3 Å². The molecule has 1 heterocycles. The van der Waals surface area contributed by atoms with Crippen molar-refractivity contribution in [3.8, 4) is 0 Å². The number of rotatable bonds is 5. The molecule has 0 saturated carbocycles. The zero-order chi connectivity index (χ0) is 13.8. The van der Waals surface area contributed by atoms with E-state index < -0.39 is 12.1 Å². The van der Waals surface area contributed by atoms with Crippen LogP contribution in [0.1, 0.15) is 39.4 Å². The molecule has 0 fully saturated rings. The van der Waals surface area contributed by atoms with Crippen LogP contribution in [0.2, 0.25) is 0 Å². The van der Waals surface area contributed by atoms with Crippen LogP contribution in [0.5, 0.6) is 0 Å². The minimum atomic E-state index is -1.42. The Balaban J connectivity index is 1.86. The van der Waals surface area contributed by atoms with Gasteiger partial charge >= 0.3 is 5.97 Å². The Kier molecular flexibility index (Phi) is 4.55. The Morgan fingerprint density at radius 1 is 1.37 bits per heavy atom. The van der Waals surface area contributed by atoms with Crippen molar-refractivity contribution in [1.82, 2.24) is 5.32 Å². The Bertz CT molecular complexity index is 459. The number of carbonyl (C=O) groups is 2. The number of carboxylic acids is 1. The van der Waals surface area contributed by atoms with Crippen LogP contribution in [0, 0.1) is 0 Å². The number of aryl methyl sites for hydroxylation is 2. The van der Waals surface area contributed by atoms with Crippen molar-refractivity contribution in [2.24, 2.45) is 0 Å². The van der Waals surface area contributed by atoms with Gasteiger partial charge in [-0.2, -0.15) is 0 Å². The van der Waals surface area contributed by atoms with Crippen LogP contribution in [-0.4, -0.2) is 34.7 Å². The fraction of sp³-hybridized carbons (Fsp3) is 0.538. The minimum Gasteiger partial charge on any atom is -0.479 e. The van der Waals surface area contributed by atoms with Crippen molar-refractivity contribution < 1.29 is 19.8 Å². The number of thiophene rings is 1.